The SMILES string of the molecule is COC(=O)C=CN1CCN(c2ccccc2)CC1. The first-order chi connectivity index (χ1) is 8.79. The monoisotopic (exact) mass is 246 g/mol. The minimum absolute atomic E-state index is 0.305. The molecule has 0 aromatic heterocycles. The fourth-order valence-electron chi connectivity index (χ4n) is 2.00. The molecule has 1 aromatic carbocycles. The Labute approximate surface area is 107 Å². The number of hydrogen-bond acceptors (Lipinski definition) is 4. The second kappa shape index (κ2) is 6.10. The molecule has 96 valence electrons. The molecule has 0 amide bonds. The van der Waals surface area contributed by atoms with Crippen molar-refractivity contribution in [2.24, 2.45) is 0 Å². The molecule has 0 atom stereocenters. The van der Waals surface area contributed by atoms with Crippen molar-refractivity contribution in [3.63, 3.8) is 0 Å². The summed E-state index contributed by atoms with van der Waals surface area (Å²) >= 11 is 0. The highest BCUT2D eigenvalue weighted by Gasteiger charge is 2.14. The van der Waals surface area contributed by atoms with Crippen molar-refractivity contribution in [2.45, 2.75) is 0 Å². The number of benzene rings is 1. The summed E-state index contributed by atoms with van der Waals surface area (Å²) in [6.07, 6.45) is 3.28. The highest BCUT2D eigenvalue weighted by atomic mass is 16.5. The number of esters is 1. The van der Waals surface area contributed by atoms with E-state index in [4.69, 9.17) is 0 Å². The van der Waals surface area contributed by atoms with Crippen LogP contribution in [0.4, 0.5) is 5.69 Å². The van der Waals surface area contributed by atoms with Crippen LogP contribution in [0.2, 0.25) is 0 Å². The lowest BCUT2D eigenvalue weighted by atomic mass is 10.2. The van der Waals surface area contributed by atoms with Crippen molar-refractivity contribution in [1.82, 2.24) is 4.90 Å². The van der Waals surface area contributed by atoms with E-state index in [2.05, 4.69) is 38.8 Å². The van der Waals surface area contributed by atoms with Crippen molar-refractivity contribution in [2.75, 3.05) is 38.2 Å². The largest absolute Gasteiger partial charge is 0.466 e. The number of hydrogen-bond donors (Lipinski definition) is 0. The number of anilines is 1. The Morgan fingerprint density at radius 2 is 1.83 bits per heavy atom. The average molecular weight is 246 g/mol. The Kier molecular flexibility index (Phi) is 4.23. The Morgan fingerprint density at radius 3 is 2.44 bits per heavy atom. The zero-order valence-electron chi connectivity index (χ0n) is 10.6. The lowest BCUT2D eigenvalue weighted by molar-refractivity contribution is -0.134. The molecule has 18 heavy (non-hydrogen) atoms. The van der Waals surface area contributed by atoms with E-state index >= 15 is 0 Å². The first-order valence-electron chi connectivity index (χ1n) is 6.10. The van der Waals surface area contributed by atoms with Crippen LogP contribution in [0.1, 0.15) is 0 Å². The number of nitrogens with zero attached hydrogens (tertiary/aromatic N) is 2. The Balaban J connectivity index is 1.85. The minimum Gasteiger partial charge on any atom is -0.466 e. The predicted molar refractivity (Wildman–Crippen MR) is 71.4 cm³/mol. The van der Waals surface area contributed by atoms with Gasteiger partial charge in [-0.3, -0.25) is 0 Å². The van der Waals surface area contributed by atoms with Gasteiger partial charge < -0.3 is 14.5 Å². The van der Waals surface area contributed by atoms with Gasteiger partial charge in [-0.2, -0.15) is 0 Å². The molecule has 0 unspecified atom stereocenters. The molecule has 1 fully saturated rings. The molecule has 2 rings (SSSR count). The van der Waals surface area contributed by atoms with Crippen LogP contribution in [0, 0.1) is 0 Å². The van der Waals surface area contributed by atoms with Crippen molar-refractivity contribution in [3.8, 4) is 0 Å². The van der Waals surface area contributed by atoms with Gasteiger partial charge in [-0.15, -0.1) is 0 Å². The summed E-state index contributed by atoms with van der Waals surface area (Å²) in [5.41, 5.74) is 1.26. The van der Waals surface area contributed by atoms with Crippen LogP contribution < -0.4 is 4.90 Å². The zero-order valence-corrected chi connectivity index (χ0v) is 10.6. The lowest BCUT2D eigenvalue weighted by Crippen LogP contribution is -2.44. The van der Waals surface area contributed by atoms with Crippen LogP contribution >= 0.6 is 0 Å². The van der Waals surface area contributed by atoms with Crippen molar-refractivity contribution in [3.05, 3.63) is 42.6 Å². The third kappa shape index (κ3) is 3.26. The summed E-state index contributed by atoms with van der Waals surface area (Å²) in [6.45, 7) is 3.77. The second-order valence-corrected chi connectivity index (χ2v) is 4.20. The molecule has 1 heterocycles. The van der Waals surface area contributed by atoms with Gasteiger partial charge in [0.2, 0.25) is 0 Å². The van der Waals surface area contributed by atoms with Gasteiger partial charge in [0.05, 0.1) is 7.11 Å². The lowest BCUT2D eigenvalue weighted by Gasteiger charge is -2.35. The maximum Gasteiger partial charge on any atom is 0.331 e. The fourth-order valence-corrected chi connectivity index (χ4v) is 2.00. The quantitative estimate of drug-likeness (QED) is 0.597. The topological polar surface area (TPSA) is 32.8 Å². The number of ether oxygens (including phenoxy) is 1. The average Bonchev–Trinajstić information content (AvgIpc) is 2.46. The van der Waals surface area contributed by atoms with Gasteiger partial charge >= 0.3 is 5.97 Å². The zero-order chi connectivity index (χ0) is 12.8. The molecule has 4 nitrogen and oxygen atoms in total. The highest BCUT2D eigenvalue weighted by Crippen LogP contribution is 2.15. The smallest absolute Gasteiger partial charge is 0.331 e. The van der Waals surface area contributed by atoms with Gasteiger partial charge in [0, 0.05) is 44.1 Å². The molecular weight excluding hydrogens is 228 g/mol. The molecule has 1 aliphatic rings. The Morgan fingerprint density at radius 1 is 1.17 bits per heavy atom. The number of para-hydroxylation sites is 1. The number of carbonyl (C=O) groups excluding carboxylic acids is 1. The summed E-state index contributed by atoms with van der Waals surface area (Å²) in [4.78, 5) is 15.5. The molecule has 0 aliphatic carbocycles. The standard InChI is InChI=1S/C14H18N2O2/c1-18-14(17)7-8-15-9-11-16(12-10-15)13-5-3-2-4-6-13/h2-8H,9-12H2,1H3. The molecule has 1 saturated heterocycles. The Hall–Kier alpha value is -1.97. The van der Waals surface area contributed by atoms with Crippen LogP contribution in [-0.4, -0.2) is 44.2 Å². The van der Waals surface area contributed by atoms with Crippen LogP contribution in [0.15, 0.2) is 42.6 Å². The van der Waals surface area contributed by atoms with Gasteiger partial charge in [0.1, 0.15) is 0 Å². The van der Waals surface area contributed by atoms with Crippen molar-refractivity contribution < 1.29 is 9.53 Å². The van der Waals surface area contributed by atoms with Gasteiger partial charge in [0.25, 0.3) is 0 Å². The summed E-state index contributed by atoms with van der Waals surface area (Å²) in [5, 5.41) is 0. The summed E-state index contributed by atoms with van der Waals surface area (Å²) < 4.78 is 4.57. The number of rotatable bonds is 3. The van der Waals surface area contributed by atoms with E-state index in [1.807, 2.05) is 12.3 Å². The number of methoxy groups -OCH3 is 1. The van der Waals surface area contributed by atoms with E-state index in [1.54, 1.807) is 0 Å². The molecule has 0 radical (unpaired) electrons. The normalized spacial score (nSPS) is 16.1. The molecule has 4 heteroatoms. The van der Waals surface area contributed by atoms with Gasteiger partial charge in [-0.05, 0) is 12.1 Å². The maximum atomic E-state index is 11.0. The van der Waals surface area contributed by atoms with Gasteiger partial charge in [-0.25, -0.2) is 4.79 Å². The van der Waals surface area contributed by atoms with E-state index in [0.29, 0.717) is 0 Å². The van der Waals surface area contributed by atoms with Crippen LogP contribution in [0.25, 0.3) is 0 Å². The number of piperazine rings is 1. The highest BCUT2D eigenvalue weighted by molar-refractivity contribution is 5.81. The van der Waals surface area contributed by atoms with E-state index in [1.165, 1.54) is 18.9 Å². The van der Waals surface area contributed by atoms with Crippen LogP contribution in [0.3, 0.4) is 0 Å². The van der Waals surface area contributed by atoms with Crippen LogP contribution in [0.5, 0.6) is 0 Å². The number of carbonyl (C=O) groups is 1. The first-order valence-corrected chi connectivity index (χ1v) is 6.10. The van der Waals surface area contributed by atoms with Gasteiger partial charge in [-0.1, -0.05) is 18.2 Å². The minimum atomic E-state index is -0.305. The third-order valence-corrected chi connectivity index (χ3v) is 3.06. The van der Waals surface area contributed by atoms with Crippen LogP contribution in [-0.2, 0) is 9.53 Å². The van der Waals surface area contributed by atoms with E-state index < -0.39 is 0 Å². The molecule has 0 spiro atoms. The summed E-state index contributed by atoms with van der Waals surface area (Å²) in [6, 6.07) is 10.4. The molecule has 1 aliphatic heterocycles. The van der Waals surface area contributed by atoms with Gasteiger partial charge in [0.15, 0.2) is 0 Å². The molecule has 0 saturated carbocycles. The summed E-state index contributed by atoms with van der Waals surface area (Å²) in [5.74, 6) is -0.305. The molecular formula is C14H18N2O2. The Bertz CT molecular complexity index is 409. The second-order valence-electron chi connectivity index (χ2n) is 4.20. The van der Waals surface area contributed by atoms with E-state index in [-0.39, 0.29) is 5.97 Å². The van der Waals surface area contributed by atoms with E-state index in [9.17, 15) is 4.79 Å². The predicted octanol–water partition coefficient (Wildman–Crippen LogP) is 1.50. The maximum absolute atomic E-state index is 11.0. The van der Waals surface area contributed by atoms with Crippen molar-refractivity contribution in [1.29, 1.82) is 0 Å². The molecule has 0 bridgehead atoms. The molecule has 1 aromatic rings. The third-order valence-electron chi connectivity index (χ3n) is 3.06. The van der Waals surface area contributed by atoms with Crippen molar-refractivity contribution >= 4 is 11.7 Å². The fraction of sp³-hybridized carbons (Fsp3) is 0.357. The molecule has 0 N–H and O–H groups in total. The van der Waals surface area contributed by atoms with E-state index in [0.717, 1.165) is 26.2 Å². The summed E-state index contributed by atoms with van der Waals surface area (Å²) in [7, 11) is 1.39. The first kappa shape index (κ1) is 12.5.